The minimum Gasteiger partial charge on any atom is -0.378 e. The molecule has 2 amide bonds. The predicted octanol–water partition coefficient (Wildman–Crippen LogP) is 3.41. The summed E-state index contributed by atoms with van der Waals surface area (Å²) in [5.41, 5.74) is 1.15. The number of rotatable bonds is 6. The first kappa shape index (κ1) is 19.4. The highest BCUT2D eigenvalue weighted by Crippen LogP contribution is 2.23. The van der Waals surface area contributed by atoms with Crippen molar-refractivity contribution >= 4 is 28.9 Å². The number of carbonyl (C=O) groups is 2. The van der Waals surface area contributed by atoms with Crippen LogP contribution in [0.4, 0.5) is 25.8 Å². The Balaban J connectivity index is 2.03. The van der Waals surface area contributed by atoms with Crippen molar-refractivity contribution in [2.75, 3.05) is 35.8 Å². The molecule has 0 unspecified atom stereocenters. The van der Waals surface area contributed by atoms with Crippen LogP contribution in [-0.2, 0) is 9.59 Å². The lowest BCUT2D eigenvalue weighted by atomic mass is 10.2. The van der Waals surface area contributed by atoms with Crippen LogP contribution in [0.25, 0.3) is 0 Å². The van der Waals surface area contributed by atoms with Crippen molar-refractivity contribution in [1.29, 1.82) is 0 Å². The number of halogens is 2. The Bertz CT molecular complexity index is 772. The van der Waals surface area contributed by atoms with Crippen LogP contribution in [0.15, 0.2) is 42.5 Å². The van der Waals surface area contributed by atoms with E-state index in [4.69, 9.17) is 0 Å². The predicted molar refractivity (Wildman–Crippen MR) is 98.4 cm³/mol. The van der Waals surface area contributed by atoms with Crippen molar-refractivity contribution in [3.05, 3.63) is 54.1 Å². The highest BCUT2D eigenvalue weighted by molar-refractivity contribution is 5.95. The molecular weight excluding hydrogens is 340 g/mol. The standard InChI is InChI=1S/C19H21F2N3O2/c1-13(25)24(19-16(20)5-4-6-17(19)21)12-11-18(26)22-14-7-9-15(10-8-14)23(2)3/h4-10H,11-12H2,1-3H3,(H,22,26). The Morgan fingerprint density at radius 3 is 2.08 bits per heavy atom. The lowest BCUT2D eigenvalue weighted by Crippen LogP contribution is -2.33. The summed E-state index contributed by atoms with van der Waals surface area (Å²) in [5.74, 6) is -2.59. The molecule has 0 radical (unpaired) electrons. The average molecular weight is 361 g/mol. The third-order valence-electron chi connectivity index (χ3n) is 3.82. The van der Waals surface area contributed by atoms with Crippen LogP contribution in [0.5, 0.6) is 0 Å². The number of nitrogens with one attached hydrogen (secondary N) is 1. The van der Waals surface area contributed by atoms with Gasteiger partial charge in [0.05, 0.1) is 0 Å². The molecule has 0 spiro atoms. The number of hydrogen-bond donors (Lipinski definition) is 1. The number of carbonyl (C=O) groups excluding carboxylic acids is 2. The molecular formula is C19H21F2N3O2. The molecule has 0 aliphatic heterocycles. The van der Waals surface area contributed by atoms with E-state index >= 15 is 0 Å². The number of hydrogen-bond acceptors (Lipinski definition) is 3. The monoisotopic (exact) mass is 361 g/mol. The van der Waals surface area contributed by atoms with E-state index in [1.807, 2.05) is 31.1 Å². The summed E-state index contributed by atoms with van der Waals surface area (Å²) in [6, 6.07) is 10.6. The Kier molecular flexibility index (Phi) is 6.27. The maximum atomic E-state index is 13.9. The van der Waals surface area contributed by atoms with E-state index in [1.165, 1.54) is 13.0 Å². The van der Waals surface area contributed by atoms with Gasteiger partial charge in [0.15, 0.2) is 0 Å². The SMILES string of the molecule is CC(=O)N(CCC(=O)Nc1ccc(N(C)C)cc1)c1c(F)cccc1F. The van der Waals surface area contributed by atoms with Crippen LogP contribution in [0.1, 0.15) is 13.3 Å². The van der Waals surface area contributed by atoms with E-state index in [0.29, 0.717) is 5.69 Å². The number of anilines is 3. The summed E-state index contributed by atoms with van der Waals surface area (Å²) >= 11 is 0. The molecule has 0 aliphatic rings. The molecule has 0 saturated heterocycles. The van der Waals surface area contributed by atoms with Gasteiger partial charge in [-0.05, 0) is 36.4 Å². The second kappa shape index (κ2) is 8.42. The van der Waals surface area contributed by atoms with Crippen LogP contribution in [-0.4, -0.2) is 32.5 Å². The van der Waals surface area contributed by atoms with Gasteiger partial charge in [0.2, 0.25) is 11.8 Å². The lowest BCUT2D eigenvalue weighted by molar-refractivity contribution is -0.117. The molecule has 0 aromatic heterocycles. The van der Waals surface area contributed by atoms with Gasteiger partial charge >= 0.3 is 0 Å². The summed E-state index contributed by atoms with van der Waals surface area (Å²) in [6.45, 7) is 1.07. The van der Waals surface area contributed by atoms with E-state index in [2.05, 4.69) is 5.32 Å². The molecule has 0 atom stereocenters. The van der Waals surface area contributed by atoms with E-state index < -0.39 is 23.2 Å². The maximum Gasteiger partial charge on any atom is 0.226 e. The zero-order chi connectivity index (χ0) is 19.3. The van der Waals surface area contributed by atoms with Gasteiger partial charge in [-0.1, -0.05) is 6.07 Å². The molecule has 5 nitrogen and oxygen atoms in total. The molecule has 0 saturated carbocycles. The van der Waals surface area contributed by atoms with Crippen molar-refractivity contribution in [1.82, 2.24) is 0 Å². The number of nitrogens with zero attached hydrogens (tertiary/aromatic N) is 2. The lowest BCUT2D eigenvalue weighted by Gasteiger charge is -2.22. The van der Waals surface area contributed by atoms with Gasteiger partial charge in [-0.2, -0.15) is 0 Å². The first-order valence-corrected chi connectivity index (χ1v) is 8.09. The molecule has 2 aromatic rings. The summed E-state index contributed by atoms with van der Waals surface area (Å²) in [4.78, 5) is 26.7. The molecule has 0 fully saturated rings. The van der Waals surface area contributed by atoms with Crippen molar-refractivity contribution in [2.24, 2.45) is 0 Å². The average Bonchev–Trinajstić information content (AvgIpc) is 2.57. The summed E-state index contributed by atoms with van der Waals surface area (Å²) in [5, 5.41) is 2.70. The normalized spacial score (nSPS) is 10.3. The minimum absolute atomic E-state index is 0.0945. The fourth-order valence-electron chi connectivity index (χ4n) is 2.45. The minimum atomic E-state index is -0.847. The third kappa shape index (κ3) is 4.78. The van der Waals surface area contributed by atoms with E-state index in [9.17, 15) is 18.4 Å². The van der Waals surface area contributed by atoms with Crippen LogP contribution in [0.2, 0.25) is 0 Å². The fraction of sp³-hybridized carbons (Fsp3) is 0.263. The van der Waals surface area contributed by atoms with Gasteiger partial charge in [0.1, 0.15) is 17.3 Å². The van der Waals surface area contributed by atoms with Crippen LogP contribution >= 0.6 is 0 Å². The smallest absolute Gasteiger partial charge is 0.226 e. The fourth-order valence-corrected chi connectivity index (χ4v) is 2.45. The molecule has 1 N–H and O–H groups in total. The molecule has 7 heteroatoms. The summed E-state index contributed by atoms with van der Waals surface area (Å²) in [6.07, 6.45) is -0.0945. The maximum absolute atomic E-state index is 13.9. The third-order valence-corrected chi connectivity index (χ3v) is 3.82. The van der Waals surface area contributed by atoms with Gasteiger partial charge in [0, 0.05) is 45.4 Å². The van der Waals surface area contributed by atoms with Gasteiger partial charge < -0.3 is 15.1 Å². The van der Waals surface area contributed by atoms with Gasteiger partial charge in [-0.3, -0.25) is 9.59 Å². The first-order valence-electron chi connectivity index (χ1n) is 8.09. The first-order chi connectivity index (χ1) is 12.3. The van der Waals surface area contributed by atoms with E-state index in [0.717, 1.165) is 22.7 Å². The van der Waals surface area contributed by atoms with Crippen molar-refractivity contribution < 1.29 is 18.4 Å². The Morgan fingerprint density at radius 1 is 1.00 bits per heavy atom. The highest BCUT2D eigenvalue weighted by atomic mass is 19.1. The van der Waals surface area contributed by atoms with Crippen LogP contribution in [0, 0.1) is 11.6 Å². The van der Waals surface area contributed by atoms with Crippen LogP contribution in [0.3, 0.4) is 0 Å². The largest absolute Gasteiger partial charge is 0.378 e. The molecule has 2 rings (SSSR count). The zero-order valence-electron chi connectivity index (χ0n) is 14.9. The van der Waals surface area contributed by atoms with E-state index in [1.54, 1.807) is 12.1 Å². The highest BCUT2D eigenvalue weighted by Gasteiger charge is 2.20. The summed E-state index contributed by atoms with van der Waals surface area (Å²) < 4.78 is 27.8. The van der Waals surface area contributed by atoms with Crippen molar-refractivity contribution in [2.45, 2.75) is 13.3 Å². The molecule has 26 heavy (non-hydrogen) atoms. The van der Waals surface area contributed by atoms with Gasteiger partial charge in [-0.25, -0.2) is 8.78 Å². The Labute approximate surface area is 151 Å². The topological polar surface area (TPSA) is 52.7 Å². The molecule has 0 aliphatic carbocycles. The van der Waals surface area contributed by atoms with Crippen LogP contribution < -0.4 is 15.1 Å². The number of amides is 2. The summed E-state index contributed by atoms with van der Waals surface area (Å²) in [7, 11) is 3.82. The molecule has 0 heterocycles. The second-order valence-electron chi connectivity index (χ2n) is 5.98. The van der Waals surface area contributed by atoms with Gasteiger partial charge in [-0.15, -0.1) is 0 Å². The molecule has 138 valence electrons. The van der Waals surface area contributed by atoms with Crippen molar-refractivity contribution in [3.8, 4) is 0 Å². The molecule has 2 aromatic carbocycles. The Hall–Kier alpha value is -2.96. The van der Waals surface area contributed by atoms with Crippen molar-refractivity contribution in [3.63, 3.8) is 0 Å². The molecule has 0 bridgehead atoms. The zero-order valence-corrected chi connectivity index (χ0v) is 14.9. The van der Waals surface area contributed by atoms with Gasteiger partial charge in [0.25, 0.3) is 0 Å². The second-order valence-corrected chi connectivity index (χ2v) is 5.98. The number of para-hydroxylation sites is 1. The number of benzene rings is 2. The Morgan fingerprint density at radius 2 is 1.58 bits per heavy atom. The van der Waals surface area contributed by atoms with E-state index in [-0.39, 0.29) is 18.9 Å². The quantitative estimate of drug-likeness (QED) is 0.858.